The first-order chi connectivity index (χ1) is 6.74. The summed E-state index contributed by atoms with van der Waals surface area (Å²) < 4.78 is 1.91. The Morgan fingerprint density at radius 3 is 2.93 bits per heavy atom. The molecule has 0 amide bonds. The minimum atomic E-state index is 0.528. The zero-order valence-corrected chi connectivity index (χ0v) is 9.38. The van der Waals surface area contributed by atoms with Crippen LogP contribution in [0.2, 0.25) is 5.02 Å². The predicted octanol–water partition coefficient (Wildman–Crippen LogP) is 1.93. The van der Waals surface area contributed by atoms with Crippen molar-refractivity contribution >= 4 is 11.6 Å². The second-order valence-corrected chi connectivity index (χ2v) is 4.34. The Kier molecular flexibility index (Phi) is 2.79. The third kappa shape index (κ3) is 1.55. The zero-order chi connectivity index (χ0) is 10.1. The van der Waals surface area contributed by atoms with E-state index in [0.717, 1.165) is 5.02 Å². The van der Waals surface area contributed by atoms with Crippen LogP contribution in [-0.2, 0) is 7.05 Å². The Balaban J connectivity index is 2.29. The summed E-state index contributed by atoms with van der Waals surface area (Å²) in [6.07, 6.45) is 5.47. The SMILES string of the molecule is CNC1CCCC1c1c(Cl)cnn1C. The quantitative estimate of drug-likeness (QED) is 0.814. The van der Waals surface area contributed by atoms with Crippen molar-refractivity contribution in [3.63, 3.8) is 0 Å². The Morgan fingerprint density at radius 2 is 2.36 bits per heavy atom. The van der Waals surface area contributed by atoms with Crippen LogP contribution in [0.25, 0.3) is 0 Å². The molecule has 1 N–H and O–H groups in total. The summed E-state index contributed by atoms with van der Waals surface area (Å²) in [4.78, 5) is 0. The summed E-state index contributed by atoms with van der Waals surface area (Å²) in [5.74, 6) is 0.528. The highest BCUT2D eigenvalue weighted by Crippen LogP contribution is 2.37. The fraction of sp³-hybridized carbons (Fsp3) is 0.700. The van der Waals surface area contributed by atoms with Crippen LogP contribution >= 0.6 is 11.6 Å². The summed E-state index contributed by atoms with van der Waals surface area (Å²) in [5.41, 5.74) is 1.18. The van der Waals surface area contributed by atoms with Crippen LogP contribution in [-0.4, -0.2) is 22.9 Å². The molecule has 1 aromatic heterocycles. The Hall–Kier alpha value is -0.540. The minimum absolute atomic E-state index is 0.528. The smallest absolute Gasteiger partial charge is 0.0821 e. The van der Waals surface area contributed by atoms with Gasteiger partial charge in [0.25, 0.3) is 0 Å². The van der Waals surface area contributed by atoms with Gasteiger partial charge in [-0.15, -0.1) is 0 Å². The molecule has 2 rings (SSSR count). The molecular formula is C10H16ClN3. The number of aromatic nitrogens is 2. The van der Waals surface area contributed by atoms with Crippen LogP contribution in [0, 0.1) is 0 Å². The molecule has 0 aromatic carbocycles. The van der Waals surface area contributed by atoms with E-state index in [1.54, 1.807) is 6.20 Å². The van der Waals surface area contributed by atoms with Gasteiger partial charge in [0.05, 0.1) is 16.9 Å². The zero-order valence-electron chi connectivity index (χ0n) is 8.63. The number of rotatable bonds is 2. The van der Waals surface area contributed by atoms with E-state index in [1.165, 1.54) is 25.0 Å². The molecule has 0 bridgehead atoms. The number of hydrogen-bond acceptors (Lipinski definition) is 2. The monoisotopic (exact) mass is 213 g/mol. The normalized spacial score (nSPS) is 27.1. The third-order valence-electron chi connectivity index (χ3n) is 3.18. The first-order valence-corrected chi connectivity index (χ1v) is 5.46. The predicted molar refractivity (Wildman–Crippen MR) is 57.7 cm³/mol. The highest BCUT2D eigenvalue weighted by molar-refractivity contribution is 6.31. The molecule has 0 aliphatic heterocycles. The first kappa shape index (κ1) is 9.99. The van der Waals surface area contributed by atoms with Gasteiger partial charge in [0, 0.05) is 19.0 Å². The van der Waals surface area contributed by atoms with Crippen molar-refractivity contribution in [2.75, 3.05) is 7.05 Å². The van der Waals surface area contributed by atoms with Gasteiger partial charge in [0.2, 0.25) is 0 Å². The standard InChI is InChI=1S/C10H16ClN3/c1-12-9-5-3-4-7(9)10-8(11)6-13-14(10)2/h6-7,9,12H,3-5H2,1-2H3. The van der Waals surface area contributed by atoms with Crippen LogP contribution < -0.4 is 5.32 Å². The van der Waals surface area contributed by atoms with Gasteiger partial charge in [-0.2, -0.15) is 5.10 Å². The van der Waals surface area contributed by atoms with E-state index in [4.69, 9.17) is 11.6 Å². The Bertz CT molecular complexity index is 302. The molecular weight excluding hydrogens is 198 g/mol. The molecule has 1 heterocycles. The van der Waals surface area contributed by atoms with Crippen molar-refractivity contribution in [2.45, 2.75) is 31.2 Å². The van der Waals surface area contributed by atoms with Crippen LogP contribution in [0.1, 0.15) is 30.9 Å². The van der Waals surface area contributed by atoms with Gasteiger partial charge in [-0.05, 0) is 19.9 Å². The van der Waals surface area contributed by atoms with E-state index in [-0.39, 0.29) is 0 Å². The Labute approximate surface area is 89.4 Å². The van der Waals surface area contributed by atoms with E-state index >= 15 is 0 Å². The molecule has 3 nitrogen and oxygen atoms in total. The molecule has 1 fully saturated rings. The topological polar surface area (TPSA) is 29.9 Å². The molecule has 14 heavy (non-hydrogen) atoms. The lowest BCUT2D eigenvalue weighted by atomic mass is 9.99. The molecule has 78 valence electrons. The van der Waals surface area contributed by atoms with Crippen molar-refractivity contribution in [2.24, 2.45) is 7.05 Å². The average Bonchev–Trinajstić information content (AvgIpc) is 2.73. The number of aryl methyl sites for hydroxylation is 1. The average molecular weight is 214 g/mol. The van der Waals surface area contributed by atoms with Crippen molar-refractivity contribution in [1.82, 2.24) is 15.1 Å². The summed E-state index contributed by atoms with van der Waals surface area (Å²) in [5, 5.41) is 8.35. The van der Waals surface area contributed by atoms with Gasteiger partial charge in [0.15, 0.2) is 0 Å². The summed E-state index contributed by atoms with van der Waals surface area (Å²) in [6.45, 7) is 0. The molecule has 2 unspecified atom stereocenters. The van der Waals surface area contributed by atoms with Crippen LogP contribution in [0.15, 0.2) is 6.20 Å². The van der Waals surface area contributed by atoms with Crippen LogP contribution in [0.3, 0.4) is 0 Å². The molecule has 0 spiro atoms. The molecule has 0 saturated heterocycles. The van der Waals surface area contributed by atoms with E-state index in [2.05, 4.69) is 10.4 Å². The summed E-state index contributed by atoms with van der Waals surface area (Å²) in [7, 11) is 3.99. The van der Waals surface area contributed by atoms with Gasteiger partial charge in [-0.25, -0.2) is 0 Å². The fourth-order valence-electron chi connectivity index (χ4n) is 2.47. The molecule has 1 aliphatic rings. The number of nitrogens with one attached hydrogen (secondary N) is 1. The Morgan fingerprint density at radius 1 is 1.57 bits per heavy atom. The first-order valence-electron chi connectivity index (χ1n) is 5.08. The molecule has 0 radical (unpaired) electrons. The molecule has 1 aliphatic carbocycles. The van der Waals surface area contributed by atoms with Gasteiger partial charge < -0.3 is 5.32 Å². The highest BCUT2D eigenvalue weighted by atomic mass is 35.5. The van der Waals surface area contributed by atoms with E-state index in [0.29, 0.717) is 12.0 Å². The summed E-state index contributed by atoms with van der Waals surface area (Å²) in [6, 6.07) is 0.558. The second-order valence-electron chi connectivity index (χ2n) is 3.93. The highest BCUT2D eigenvalue weighted by Gasteiger charge is 2.30. The van der Waals surface area contributed by atoms with Gasteiger partial charge in [-0.1, -0.05) is 18.0 Å². The third-order valence-corrected chi connectivity index (χ3v) is 3.47. The molecule has 4 heteroatoms. The number of nitrogens with zero attached hydrogens (tertiary/aromatic N) is 2. The van der Waals surface area contributed by atoms with Crippen molar-refractivity contribution in [3.8, 4) is 0 Å². The van der Waals surface area contributed by atoms with Crippen LogP contribution in [0.5, 0.6) is 0 Å². The van der Waals surface area contributed by atoms with E-state index in [1.807, 2.05) is 18.8 Å². The van der Waals surface area contributed by atoms with Crippen molar-refractivity contribution in [1.29, 1.82) is 0 Å². The van der Waals surface area contributed by atoms with Crippen molar-refractivity contribution < 1.29 is 0 Å². The maximum Gasteiger partial charge on any atom is 0.0821 e. The lowest BCUT2D eigenvalue weighted by molar-refractivity contribution is 0.494. The number of hydrogen-bond donors (Lipinski definition) is 1. The maximum atomic E-state index is 6.14. The van der Waals surface area contributed by atoms with Gasteiger partial charge in [-0.3, -0.25) is 4.68 Å². The lowest BCUT2D eigenvalue weighted by Gasteiger charge is -2.19. The lowest BCUT2D eigenvalue weighted by Crippen LogP contribution is -2.28. The largest absolute Gasteiger partial charge is 0.316 e. The summed E-state index contributed by atoms with van der Waals surface area (Å²) >= 11 is 6.14. The van der Waals surface area contributed by atoms with Crippen molar-refractivity contribution in [3.05, 3.63) is 16.9 Å². The number of likely N-dealkylation sites (N-methyl/N-ethyl adjacent to an activating group) is 1. The fourth-order valence-corrected chi connectivity index (χ4v) is 2.78. The molecule has 2 atom stereocenters. The van der Waals surface area contributed by atoms with E-state index < -0.39 is 0 Å². The second kappa shape index (κ2) is 3.91. The van der Waals surface area contributed by atoms with Gasteiger partial charge in [0.1, 0.15) is 0 Å². The maximum absolute atomic E-state index is 6.14. The van der Waals surface area contributed by atoms with E-state index in [9.17, 15) is 0 Å². The van der Waals surface area contributed by atoms with Crippen LogP contribution in [0.4, 0.5) is 0 Å². The molecule has 1 aromatic rings. The van der Waals surface area contributed by atoms with Gasteiger partial charge >= 0.3 is 0 Å². The molecule has 1 saturated carbocycles. The number of halogens is 1. The minimum Gasteiger partial charge on any atom is -0.316 e.